The Bertz CT molecular complexity index is 126. The first kappa shape index (κ1) is 10.3. The number of rotatable bonds is 3. The summed E-state index contributed by atoms with van der Waals surface area (Å²) in [6, 6.07) is 0. The van der Waals surface area contributed by atoms with Crippen molar-refractivity contribution in [3.8, 4) is 0 Å². The van der Waals surface area contributed by atoms with Crippen LogP contribution in [0, 0.1) is 5.92 Å². The predicted molar refractivity (Wildman–Crippen MR) is 49.9 cm³/mol. The lowest BCUT2D eigenvalue weighted by molar-refractivity contribution is -0.0459. The van der Waals surface area contributed by atoms with E-state index in [2.05, 4.69) is 6.26 Å². The lowest BCUT2D eigenvalue weighted by Gasteiger charge is -2.27. The molecule has 0 aliphatic heterocycles. The van der Waals surface area contributed by atoms with E-state index in [1.54, 1.807) is 0 Å². The van der Waals surface area contributed by atoms with E-state index in [1.807, 2.05) is 11.8 Å². The average Bonchev–Trinajstić information content (AvgIpc) is 2.03. The molecule has 0 aromatic heterocycles. The molecule has 0 bridgehead atoms. The molecule has 3 heteroatoms. The van der Waals surface area contributed by atoms with Crippen molar-refractivity contribution in [2.24, 2.45) is 5.92 Å². The summed E-state index contributed by atoms with van der Waals surface area (Å²) in [6.07, 6.45) is 4.88. The van der Waals surface area contributed by atoms with Crippen molar-refractivity contribution in [3.63, 3.8) is 0 Å². The van der Waals surface area contributed by atoms with Crippen LogP contribution in [0.25, 0.3) is 0 Å². The van der Waals surface area contributed by atoms with Crippen LogP contribution in [-0.4, -0.2) is 17.9 Å². The molecule has 0 radical (unpaired) electrons. The largest absolute Gasteiger partial charge is 0.248 e. The van der Waals surface area contributed by atoms with Crippen LogP contribution in [0.1, 0.15) is 32.1 Å². The first-order valence-corrected chi connectivity index (χ1v) is 5.90. The predicted octanol–water partition coefficient (Wildman–Crippen LogP) is 3.57. The normalized spacial score (nSPS) is 24.2. The van der Waals surface area contributed by atoms with E-state index in [-0.39, 0.29) is 12.8 Å². The number of alkyl halides is 2. The van der Waals surface area contributed by atoms with Crippen molar-refractivity contribution < 1.29 is 8.78 Å². The van der Waals surface area contributed by atoms with Gasteiger partial charge in [-0.1, -0.05) is 0 Å². The van der Waals surface area contributed by atoms with Crippen molar-refractivity contribution in [1.29, 1.82) is 0 Å². The molecule has 0 amide bonds. The molecular formula is C9H16F2S. The zero-order chi connectivity index (χ0) is 9.03. The molecule has 0 unspecified atom stereocenters. The van der Waals surface area contributed by atoms with Crippen LogP contribution >= 0.6 is 11.8 Å². The van der Waals surface area contributed by atoms with Gasteiger partial charge < -0.3 is 0 Å². The van der Waals surface area contributed by atoms with E-state index in [0.29, 0.717) is 5.92 Å². The summed E-state index contributed by atoms with van der Waals surface area (Å²) in [5.41, 5.74) is 0. The molecule has 1 aliphatic rings. The Morgan fingerprint density at radius 1 is 1.33 bits per heavy atom. The molecule has 1 fully saturated rings. The molecule has 0 N–H and O–H groups in total. The molecule has 12 heavy (non-hydrogen) atoms. The molecule has 1 saturated carbocycles. The third-order valence-electron chi connectivity index (χ3n) is 2.57. The first-order chi connectivity index (χ1) is 5.64. The summed E-state index contributed by atoms with van der Waals surface area (Å²) in [6.45, 7) is 0. The first-order valence-electron chi connectivity index (χ1n) is 4.51. The van der Waals surface area contributed by atoms with Crippen LogP contribution < -0.4 is 0 Å². The Morgan fingerprint density at radius 2 is 1.92 bits per heavy atom. The molecule has 1 aliphatic carbocycles. The summed E-state index contributed by atoms with van der Waals surface area (Å²) < 4.78 is 25.4. The van der Waals surface area contributed by atoms with E-state index in [4.69, 9.17) is 0 Å². The SMILES string of the molecule is CSCCC1CCC(F)(F)CC1. The molecule has 72 valence electrons. The molecule has 0 aromatic carbocycles. The van der Waals surface area contributed by atoms with Crippen LogP contribution in [0.3, 0.4) is 0 Å². The van der Waals surface area contributed by atoms with Gasteiger partial charge in [0.1, 0.15) is 0 Å². The van der Waals surface area contributed by atoms with Gasteiger partial charge in [0, 0.05) is 12.8 Å². The van der Waals surface area contributed by atoms with E-state index in [1.165, 1.54) is 0 Å². The highest BCUT2D eigenvalue weighted by molar-refractivity contribution is 7.98. The van der Waals surface area contributed by atoms with E-state index < -0.39 is 5.92 Å². The second kappa shape index (κ2) is 4.45. The quantitative estimate of drug-likeness (QED) is 0.662. The van der Waals surface area contributed by atoms with Crippen molar-refractivity contribution in [2.45, 2.75) is 38.0 Å². The molecule has 0 saturated heterocycles. The summed E-state index contributed by atoms with van der Waals surface area (Å²) in [5, 5.41) is 0. The summed E-state index contributed by atoms with van der Waals surface area (Å²) in [4.78, 5) is 0. The van der Waals surface area contributed by atoms with Crippen molar-refractivity contribution in [1.82, 2.24) is 0 Å². The van der Waals surface area contributed by atoms with Gasteiger partial charge in [-0.3, -0.25) is 0 Å². The molecule has 0 nitrogen and oxygen atoms in total. The van der Waals surface area contributed by atoms with Crippen LogP contribution in [0.4, 0.5) is 8.78 Å². The van der Waals surface area contributed by atoms with Gasteiger partial charge >= 0.3 is 0 Å². The van der Waals surface area contributed by atoms with Gasteiger partial charge in [-0.25, -0.2) is 8.78 Å². The molecule has 1 rings (SSSR count). The van der Waals surface area contributed by atoms with Gasteiger partial charge in [-0.2, -0.15) is 11.8 Å². The minimum absolute atomic E-state index is 0.117. The van der Waals surface area contributed by atoms with E-state index >= 15 is 0 Å². The van der Waals surface area contributed by atoms with Gasteiger partial charge in [0.2, 0.25) is 5.92 Å². The summed E-state index contributed by atoms with van der Waals surface area (Å²) >= 11 is 1.81. The maximum absolute atomic E-state index is 12.7. The second-order valence-corrected chi connectivity index (χ2v) is 4.57. The smallest absolute Gasteiger partial charge is 0.207 e. The van der Waals surface area contributed by atoms with Crippen LogP contribution in [0.15, 0.2) is 0 Å². The van der Waals surface area contributed by atoms with Gasteiger partial charge in [0.25, 0.3) is 0 Å². The minimum atomic E-state index is -2.35. The maximum Gasteiger partial charge on any atom is 0.248 e. The number of thioether (sulfide) groups is 1. The van der Waals surface area contributed by atoms with Crippen LogP contribution in [0.5, 0.6) is 0 Å². The zero-order valence-corrected chi connectivity index (χ0v) is 8.30. The fourth-order valence-electron chi connectivity index (χ4n) is 1.67. The highest BCUT2D eigenvalue weighted by Crippen LogP contribution is 2.37. The Kier molecular flexibility index (Phi) is 3.81. The molecule has 0 heterocycles. The summed E-state index contributed by atoms with van der Waals surface area (Å²) in [5.74, 6) is -0.663. The summed E-state index contributed by atoms with van der Waals surface area (Å²) in [7, 11) is 0. The standard InChI is InChI=1S/C9H16F2S/c1-12-7-4-8-2-5-9(10,11)6-3-8/h8H,2-7H2,1H3. The van der Waals surface area contributed by atoms with Crippen molar-refractivity contribution in [3.05, 3.63) is 0 Å². The Hall–Kier alpha value is 0.210. The van der Waals surface area contributed by atoms with Crippen molar-refractivity contribution >= 4 is 11.8 Å². The Morgan fingerprint density at radius 3 is 2.42 bits per heavy atom. The maximum atomic E-state index is 12.7. The fourth-order valence-corrected chi connectivity index (χ4v) is 2.24. The second-order valence-electron chi connectivity index (χ2n) is 3.58. The fraction of sp³-hybridized carbons (Fsp3) is 1.00. The molecule has 0 aromatic rings. The van der Waals surface area contributed by atoms with Gasteiger partial charge in [0.15, 0.2) is 0 Å². The third kappa shape index (κ3) is 3.30. The highest BCUT2D eigenvalue weighted by Gasteiger charge is 2.34. The molecule has 0 atom stereocenters. The molecular weight excluding hydrogens is 178 g/mol. The number of hydrogen-bond donors (Lipinski definition) is 0. The topological polar surface area (TPSA) is 0 Å². The van der Waals surface area contributed by atoms with Gasteiger partial charge in [-0.15, -0.1) is 0 Å². The Labute approximate surface area is 77.1 Å². The van der Waals surface area contributed by atoms with Crippen molar-refractivity contribution in [2.75, 3.05) is 12.0 Å². The van der Waals surface area contributed by atoms with E-state index in [0.717, 1.165) is 25.0 Å². The average molecular weight is 194 g/mol. The van der Waals surface area contributed by atoms with Crippen LogP contribution in [0.2, 0.25) is 0 Å². The lowest BCUT2D eigenvalue weighted by atomic mass is 9.85. The minimum Gasteiger partial charge on any atom is -0.207 e. The Balaban J connectivity index is 2.18. The van der Waals surface area contributed by atoms with E-state index in [9.17, 15) is 8.78 Å². The van der Waals surface area contributed by atoms with Crippen LogP contribution in [-0.2, 0) is 0 Å². The van der Waals surface area contributed by atoms with Gasteiger partial charge in [0.05, 0.1) is 0 Å². The monoisotopic (exact) mass is 194 g/mol. The number of hydrogen-bond acceptors (Lipinski definition) is 1. The van der Waals surface area contributed by atoms with Gasteiger partial charge in [-0.05, 0) is 37.2 Å². The lowest BCUT2D eigenvalue weighted by Crippen LogP contribution is -2.24. The third-order valence-corrected chi connectivity index (χ3v) is 3.21. The molecule has 0 spiro atoms. The highest BCUT2D eigenvalue weighted by atomic mass is 32.2. The number of halogens is 2. The zero-order valence-electron chi connectivity index (χ0n) is 7.48.